The van der Waals surface area contributed by atoms with Crippen LogP contribution in [0.1, 0.15) is 92.6 Å². The third kappa shape index (κ3) is 8.25. The van der Waals surface area contributed by atoms with Gasteiger partial charge in [-0.1, -0.05) is 83.3 Å². The van der Waals surface area contributed by atoms with Crippen molar-refractivity contribution in [2.75, 3.05) is 6.54 Å². The van der Waals surface area contributed by atoms with Crippen molar-refractivity contribution in [3.63, 3.8) is 0 Å². The zero-order valence-corrected chi connectivity index (χ0v) is 27.5. The number of carbonyl (C=O) groups is 5. The van der Waals surface area contributed by atoms with Crippen LogP contribution in [0.15, 0.2) is 29.4 Å². The van der Waals surface area contributed by atoms with E-state index in [4.69, 9.17) is 16.4 Å². The fourth-order valence-electron chi connectivity index (χ4n) is 5.89. The molecule has 3 aliphatic rings. The third-order valence-corrected chi connectivity index (χ3v) is 8.57. The Bertz CT molecular complexity index is 1360. The number of oxime groups is 1. The van der Waals surface area contributed by atoms with Crippen LogP contribution in [0.2, 0.25) is 5.02 Å². The second-order valence-electron chi connectivity index (χ2n) is 15.0. The molecule has 1 spiro atoms. The van der Waals surface area contributed by atoms with Crippen LogP contribution in [0.5, 0.6) is 0 Å². The first-order valence-electron chi connectivity index (χ1n) is 15.3. The van der Waals surface area contributed by atoms with Gasteiger partial charge >= 0.3 is 0 Å². The Morgan fingerprint density at radius 1 is 1.09 bits per heavy atom. The first-order chi connectivity index (χ1) is 20.4. The van der Waals surface area contributed by atoms with Crippen molar-refractivity contribution in [2.24, 2.45) is 21.9 Å². The van der Waals surface area contributed by atoms with Crippen molar-refractivity contribution in [1.82, 2.24) is 15.5 Å². The monoisotopic (exact) mass is 628 g/mol. The van der Waals surface area contributed by atoms with E-state index in [1.165, 1.54) is 11.8 Å². The minimum Gasteiger partial charge on any atom is -0.387 e. The van der Waals surface area contributed by atoms with E-state index in [1.807, 2.05) is 53.7 Å². The molecule has 240 valence electrons. The molecule has 4 atom stereocenters. The molecule has 0 radical (unpaired) electrons. The largest absolute Gasteiger partial charge is 0.387 e. The maximum absolute atomic E-state index is 14.4. The number of nitrogens with zero attached hydrogens (tertiary/aromatic N) is 2. The predicted octanol–water partition coefficient (Wildman–Crippen LogP) is 4.21. The summed E-state index contributed by atoms with van der Waals surface area (Å²) in [5.74, 6) is -2.23. The average Bonchev–Trinajstić information content (AvgIpc) is 3.50. The summed E-state index contributed by atoms with van der Waals surface area (Å²) in [6.07, 6.45) is 2.92. The van der Waals surface area contributed by atoms with Crippen LogP contribution in [0.25, 0.3) is 0 Å². The molecule has 0 bridgehead atoms. The summed E-state index contributed by atoms with van der Waals surface area (Å²) >= 11 is 6.21. The molecule has 1 aliphatic carbocycles. The van der Waals surface area contributed by atoms with Crippen LogP contribution >= 0.6 is 11.6 Å². The zero-order chi connectivity index (χ0) is 32.6. The maximum Gasteiger partial charge on any atom is 0.246 e. The molecule has 0 unspecified atom stereocenters. The lowest BCUT2D eigenvalue weighted by Gasteiger charge is -2.36. The highest BCUT2D eigenvalue weighted by Gasteiger charge is 2.55. The molecule has 0 aromatic heterocycles. The lowest BCUT2D eigenvalue weighted by atomic mass is 9.84. The molecule has 11 heteroatoms. The molecular formula is C33H45ClN4O6. The van der Waals surface area contributed by atoms with Crippen molar-refractivity contribution >= 4 is 46.6 Å². The van der Waals surface area contributed by atoms with Gasteiger partial charge in [0.15, 0.2) is 11.4 Å². The van der Waals surface area contributed by atoms with Gasteiger partial charge in [0.2, 0.25) is 23.5 Å². The smallest absolute Gasteiger partial charge is 0.246 e. The number of benzene rings is 1. The Kier molecular flexibility index (Phi) is 9.64. The number of likely N-dealkylation sites (tertiary alicyclic amines) is 1. The standard InChI is InChI=1S/C33H45ClN4O6/c1-19(39)27(41)23(13-20-11-12-20)35-29(42)25-16-33(15-24(37-44-33)21-9-8-10-22(34)14-21)18-38(25)30(43)28(32(5,6)7)36-26(40)17-31(2,3)4/h8-10,14,20,23,25,28H,11-13,15-18H2,1-7H3,(H,35,42)(H,36,40)/t23-,25-,28+,33+/m0/s1. The highest BCUT2D eigenvalue weighted by atomic mass is 35.5. The van der Waals surface area contributed by atoms with Gasteiger partial charge in [0.1, 0.15) is 12.1 Å². The van der Waals surface area contributed by atoms with Crippen LogP contribution in [0, 0.1) is 16.7 Å². The van der Waals surface area contributed by atoms with Gasteiger partial charge in [-0.25, -0.2) is 0 Å². The Balaban J connectivity index is 1.63. The number of rotatable bonds is 10. The number of carbonyl (C=O) groups excluding carboxylic acids is 5. The summed E-state index contributed by atoms with van der Waals surface area (Å²) in [6, 6.07) is 4.31. The normalized spacial score (nSPS) is 23.0. The summed E-state index contributed by atoms with van der Waals surface area (Å²) < 4.78 is 0. The van der Waals surface area contributed by atoms with Crippen molar-refractivity contribution in [1.29, 1.82) is 0 Å². The Labute approximate surface area is 264 Å². The summed E-state index contributed by atoms with van der Waals surface area (Å²) in [5.41, 5.74) is -0.547. The molecule has 2 fully saturated rings. The van der Waals surface area contributed by atoms with Crippen molar-refractivity contribution in [2.45, 2.75) is 111 Å². The van der Waals surface area contributed by atoms with Crippen molar-refractivity contribution in [3.05, 3.63) is 34.9 Å². The minimum absolute atomic E-state index is 0.0488. The molecule has 1 aromatic carbocycles. The van der Waals surface area contributed by atoms with Gasteiger partial charge in [0.05, 0.1) is 18.3 Å². The lowest BCUT2D eigenvalue weighted by molar-refractivity contribution is -0.145. The number of Topliss-reactive ketones (excluding diaryl/α,β-unsaturated/α-hetero) is 2. The molecule has 1 aromatic rings. The third-order valence-electron chi connectivity index (χ3n) is 8.34. The molecule has 10 nitrogen and oxygen atoms in total. The van der Waals surface area contributed by atoms with Gasteiger partial charge in [-0.15, -0.1) is 0 Å². The van der Waals surface area contributed by atoms with Crippen LogP contribution in [0.3, 0.4) is 0 Å². The molecule has 3 amide bonds. The van der Waals surface area contributed by atoms with Crippen LogP contribution < -0.4 is 10.6 Å². The molecule has 1 saturated heterocycles. The van der Waals surface area contributed by atoms with E-state index in [-0.39, 0.29) is 36.6 Å². The van der Waals surface area contributed by atoms with Crippen molar-refractivity contribution < 1.29 is 28.8 Å². The summed E-state index contributed by atoms with van der Waals surface area (Å²) in [6.45, 7) is 12.7. The topological polar surface area (TPSA) is 134 Å². The minimum atomic E-state index is -1.01. The number of hydrogen-bond acceptors (Lipinski definition) is 7. The fraction of sp³-hybridized carbons (Fsp3) is 0.636. The van der Waals surface area contributed by atoms with Crippen LogP contribution in [-0.4, -0.2) is 70.2 Å². The molecule has 2 heterocycles. The van der Waals surface area contributed by atoms with E-state index in [0.717, 1.165) is 18.4 Å². The summed E-state index contributed by atoms with van der Waals surface area (Å²) in [5, 5.41) is 10.6. The second-order valence-corrected chi connectivity index (χ2v) is 15.4. The van der Waals surface area contributed by atoms with Gasteiger partial charge in [0, 0.05) is 36.8 Å². The predicted molar refractivity (Wildman–Crippen MR) is 167 cm³/mol. The number of ketones is 2. The zero-order valence-electron chi connectivity index (χ0n) is 26.8. The number of nitrogens with one attached hydrogen (secondary N) is 2. The van der Waals surface area contributed by atoms with Gasteiger partial charge in [-0.3, -0.25) is 24.0 Å². The molecular weight excluding hydrogens is 584 g/mol. The second kappa shape index (κ2) is 12.6. The Morgan fingerprint density at radius 2 is 1.77 bits per heavy atom. The first kappa shape index (κ1) is 33.6. The van der Waals surface area contributed by atoms with E-state index < -0.39 is 52.5 Å². The van der Waals surface area contributed by atoms with Crippen molar-refractivity contribution in [3.8, 4) is 0 Å². The summed E-state index contributed by atoms with van der Waals surface area (Å²) in [4.78, 5) is 73.6. The first-order valence-corrected chi connectivity index (χ1v) is 15.7. The summed E-state index contributed by atoms with van der Waals surface area (Å²) in [7, 11) is 0. The van der Waals surface area contributed by atoms with E-state index >= 15 is 0 Å². The van der Waals surface area contributed by atoms with Gasteiger partial charge in [-0.05, 0) is 35.3 Å². The molecule has 4 rings (SSSR count). The van der Waals surface area contributed by atoms with Crippen LogP contribution in [0.4, 0.5) is 0 Å². The van der Waals surface area contributed by atoms with E-state index in [2.05, 4.69) is 15.8 Å². The number of halogens is 1. The fourth-order valence-corrected chi connectivity index (χ4v) is 6.08. The molecule has 2 N–H and O–H groups in total. The molecule has 44 heavy (non-hydrogen) atoms. The van der Waals surface area contributed by atoms with E-state index in [0.29, 0.717) is 23.6 Å². The highest BCUT2D eigenvalue weighted by molar-refractivity contribution is 6.38. The van der Waals surface area contributed by atoms with Gasteiger partial charge < -0.3 is 20.4 Å². The lowest BCUT2D eigenvalue weighted by Crippen LogP contribution is -2.59. The Morgan fingerprint density at radius 3 is 2.34 bits per heavy atom. The highest BCUT2D eigenvalue weighted by Crippen LogP contribution is 2.40. The maximum atomic E-state index is 14.4. The average molecular weight is 629 g/mol. The van der Waals surface area contributed by atoms with Crippen LogP contribution in [-0.2, 0) is 28.8 Å². The SMILES string of the molecule is CC(=O)C(=O)[C@H](CC1CC1)NC(=O)[C@@H]1C[C@]2(CC(c3cccc(Cl)c3)=NO2)CN1C(=O)[C@@H](NC(=O)CC(C)(C)C)C(C)(C)C. The van der Waals surface area contributed by atoms with E-state index in [1.54, 1.807) is 12.1 Å². The number of amides is 3. The Hall–Kier alpha value is -3.27. The number of hydrogen-bond donors (Lipinski definition) is 2. The van der Waals surface area contributed by atoms with Gasteiger partial charge in [0.25, 0.3) is 0 Å². The quantitative estimate of drug-likeness (QED) is 0.373. The van der Waals surface area contributed by atoms with E-state index in [9.17, 15) is 24.0 Å². The molecule has 2 aliphatic heterocycles. The molecule has 1 saturated carbocycles. The van der Waals surface area contributed by atoms with Gasteiger partial charge in [-0.2, -0.15) is 0 Å².